The summed E-state index contributed by atoms with van der Waals surface area (Å²) in [4.78, 5) is 4.25. The molecule has 1 fully saturated rings. The zero-order valence-electron chi connectivity index (χ0n) is 14.3. The third kappa shape index (κ3) is 5.79. The number of aliphatic imine (C=N–C) groups is 1. The van der Waals surface area contributed by atoms with Gasteiger partial charge in [0.05, 0.1) is 11.6 Å². The largest absolute Gasteiger partial charge is 0.486 e. The summed E-state index contributed by atoms with van der Waals surface area (Å²) < 4.78 is 16.5. The molecule has 1 unspecified atom stereocenters. The molecule has 0 bridgehead atoms. The topological polar surface area (TPSA) is 64.1 Å². The van der Waals surface area contributed by atoms with Crippen LogP contribution in [0.5, 0.6) is 11.5 Å². The van der Waals surface area contributed by atoms with Crippen molar-refractivity contribution < 1.29 is 14.2 Å². The summed E-state index contributed by atoms with van der Waals surface area (Å²) in [6.45, 7) is 4.45. The molecule has 1 aromatic rings. The van der Waals surface area contributed by atoms with E-state index in [4.69, 9.17) is 25.8 Å². The summed E-state index contributed by atoms with van der Waals surface area (Å²) in [5, 5.41) is 7.27. The van der Waals surface area contributed by atoms with E-state index >= 15 is 0 Å². The van der Waals surface area contributed by atoms with Crippen molar-refractivity contribution in [2.24, 2.45) is 10.9 Å². The van der Waals surface area contributed by atoms with Gasteiger partial charge in [-0.1, -0.05) is 11.6 Å². The first-order valence-corrected chi connectivity index (χ1v) is 8.74. The Morgan fingerprint density at radius 2 is 2.08 bits per heavy atom. The van der Waals surface area contributed by atoms with Crippen molar-refractivity contribution in [3.05, 3.63) is 22.7 Å². The Balaban J connectivity index is 0.00000225. The molecule has 0 aromatic heterocycles. The van der Waals surface area contributed by atoms with Crippen LogP contribution >= 0.6 is 35.6 Å². The molecule has 6 nitrogen and oxygen atoms in total. The van der Waals surface area contributed by atoms with Crippen LogP contribution in [0.2, 0.25) is 5.02 Å². The number of fused-ring (bicyclic) bond motifs is 1. The van der Waals surface area contributed by atoms with Crippen LogP contribution in [0.25, 0.3) is 0 Å². The van der Waals surface area contributed by atoms with E-state index in [1.54, 1.807) is 7.05 Å². The first-order valence-electron chi connectivity index (χ1n) is 8.36. The highest BCUT2D eigenvalue weighted by atomic mass is 127. The van der Waals surface area contributed by atoms with E-state index in [-0.39, 0.29) is 24.0 Å². The van der Waals surface area contributed by atoms with E-state index in [2.05, 4.69) is 15.6 Å². The number of hydrogen-bond acceptors (Lipinski definition) is 4. The number of benzene rings is 1. The van der Waals surface area contributed by atoms with Gasteiger partial charge in [0, 0.05) is 32.7 Å². The van der Waals surface area contributed by atoms with Gasteiger partial charge in [-0.15, -0.1) is 24.0 Å². The van der Waals surface area contributed by atoms with Gasteiger partial charge in [0.2, 0.25) is 0 Å². The van der Waals surface area contributed by atoms with E-state index in [9.17, 15) is 0 Å². The number of halogens is 2. The number of hydrogen-bond donors (Lipinski definition) is 2. The smallest absolute Gasteiger partial charge is 0.190 e. The summed E-state index contributed by atoms with van der Waals surface area (Å²) in [6.07, 6.45) is 1.93. The van der Waals surface area contributed by atoms with E-state index < -0.39 is 0 Å². The molecule has 2 aliphatic heterocycles. The highest BCUT2D eigenvalue weighted by Crippen LogP contribution is 2.38. The first kappa shape index (κ1) is 20.4. The lowest BCUT2D eigenvalue weighted by molar-refractivity contribution is 0.171. The highest BCUT2D eigenvalue weighted by molar-refractivity contribution is 14.0. The fraction of sp³-hybridized carbons (Fsp3) is 0.588. The standard InChI is InChI=1S/C17H24ClN3O3.HI/c1-19-17(21-10-13-3-5-22-11-13)20-4-2-12-8-14(18)16-15(9-12)23-6-7-24-16;/h8-9,13H,2-7,10-11H2,1H3,(H2,19,20,21);1H. The van der Waals surface area contributed by atoms with Crippen LogP contribution in [-0.2, 0) is 11.2 Å². The predicted molar refractivity (Wildman–Crippen MR) is 110 cm³/mol. The summed E-state index contributed by atoms with van der Waals surface area (Å²) in [6, 6.07) is 3.93. The van der Waals surface area contributed by atoms with Crippen LogP contribution in [0.15, 0.2) is 17.1 Å². The zero-order chi connectivity index (χ0) is 16.8. The molecule has 1 atom stereocenters. The molecule has 1 saturated heterocycles. The average Bonchev–Trinajstić information content (AvgIpc) is 3.11. The molecule has 2 heterocycles. The molecule has 0 spiro atoms. The van der Waals surface area contributed by atoms with Gasteiger partial charge in [0.15, 0.2) is 17.5 Å². The van der Waals surface area contributed by atoms with Crippen molar-refractivity contribution in [1.82, 2.24) is 10.6 Å². The summed E-state index contributed by atoms with van der Waals surface area (Å²) >= 11 is 6.27. The fourth-order valence-electron chi connectivity index (χ4n) is 2.84. The molecule has 0 saturated carbocycles. The zero-order valence-corrected chi connectivity index (χ0v) is 17.4. The van der Waals surface area contributed by atoms with E-state index in [0.717, 1.165) is 56.4 Å². The van der Waals surface area contributed by atoms with Crippen LogP contribution in [-0.4, -0.2) is 52.5 Å². The second-order valence-electron chi connectivity index (χ2n) is 5.96. The number of nitrogens with one attached hydrogen (secondary N) is 2. The lowest BCUT2D eigenvalue weighted by Crippen LogP contribution is -2.40. The minimum Gasteiger partial charge on any atom is -0.486 e. The van der Waals surface area contributed by atoms with Crippen molar-refractivity contribution in [3.63, 3.8) is 0 Å². The van der Waals surface area contributed by atoms with Crippen LogP contribution in [0, 0.1) is 5.92 Å². The normalized spacial score (nSPS) is 19.3. The third-order valence-electron chi connectivity index (χ3n) is 4.17. The molecule has 3 rings (SSSR count). The Morgan fingerprint density at radius 3 is 2.84 bits per heavy atom. The van der Waals surface area contributed by atoms with Crippen molar-refractivity contribution in [2.75, 3.05) is 46.6 Å². The minimum absolute atomic E-state index is 0. The number of nitrogens with zero attached hydrogens (tertiary/aromatic N) is 1. The highest BCUT2D eigenvalue weighted by Gasteiger charge is 2.17. The average molecular weight is 482 g/mol. The maximum Gasteiger partial charge on any atom is 0.190 e. The molecule has 0 aliphatic carbocycles. The van der Waals surface area contributed by atoms with Gasteiger partial charge in [-0.25, -0.2) is 0 Å². The van der Waals surface area contributed by atoms with Crippen molar-refractivity contribution in [2.45, 2.75) is 12.8 Å². The Hall–Kier alpha value is -0.930. The second kappa shape index (κ2) is 10.3. The Kier molecular flexibility index (Phi) is 8.38. The Bertz CT molecular complexity index is 595. The van der Waals surface area contributed by atoms with Gasteiger partial charge in [-0.05, 0) is 30.5 Å². The molecule has 140 valence electrons. The third-order valence-corrected chi connectivity index (χ3v) is 4.45. The van der Waals surface area contributed by atoms with Crippen molar-refractivity contribution in [3.8, 4) is 11.5 Å². The van der Waals surface area contributed by atoms with Crippen LogP contribution in [0.1, 0.15) is 12.0 Å². The van der Waals surface area contributed by atoms with Crippen LogP contribution < -0.4 is 20.1 Å². The van der Waals surface area contributed by atoms with E-state index in [1.807, 2.05) is 12.1 Å². The van der Waals surface area contributed by atoms with Gasteiger partial charge in [-0.3, -0.25) is 4.99 Å². The Morgan fingerprint density at radius 1 is 1.24 bits per heavy atom. The van der Waals surface area contributed by atoms with Gasteiger partial charge in [0.1, 0.15) is 13.2 Å². The van der Waals surface area contributed by atoms with Crippen molar-refractivity contribution in [1.29, 1.82) is 0 Å². The number of rotatable bonds is 5. The van der Waals surface area contributed by atoms with E-state index in [1.165, 1.54) is 0 Å². The molecular weight excluding hydrogens is 457 g/mol. The fourth-order valence-corrected chi connectivity index (χ4v) is 3.13. The Labute approximate surface area is 170 Å². The van der Waals surface area contributed by atoms with Gasteiger partial charge < -0.3 is 24.8 Å². The summed E-state index contributed by atoms with van der Waals surface area (Å²) in [5.41, 5.74) is 1.11. The van der Waals surface area contributed by atoms with Crippen molar-refractivity contribution >= 4 is 41.5 Å². The van der Waals surface area contributed by atoms with Crippen LogP contribution in [0.4, 0.5) is 0 Å². The molecule has 25 heavy (non-hydrogen) atoms. The predicted octanol–water partition coefficient (Wildman–Crippen LogP) is 2.47. The molecule has 1 aromatic carbocycles. The van der Waals surface area contributed by atoms with Gasteiger partial charge in [0.25, 0.3) is 0 Å². The maximum atomic E-state index is 6.27. The second-order valence-corrected chi connectivity index (χ2v) is 6.37. The monoisotopic (exact) mass is 481 g/mol. The van der Waals surface area contributed by atoms with Gasteiger partial charge >= 0.3 is 0 Å². The number of guanidine groups is 1. The minimum atomic E-state index is 0. The SMILES string of the molecule is CN=C(NCCc1cc(Cl)c2c(c1)OCCO2)NCC1CCOC1.I. The molecule has 2 aliphatic rings. The first-order chi connectivity index (χ1) is 11.8. The summed E-state index contributed by atoms with van der Waals surface area (Å²) in [5.74, 6) is 2.76. The molecule has 8 heteroatoms. The number of ether oxygens (including phenoxy) is 3. The molecular formula is C17H25ClIN3O3. The summed E-state index contributed by atoms with van der Waals surface area (Å²) in [7, 11) is 1.78. The molecule has 0 radical (unpaired) electrons. The van der Waals surface area contributed by atoms with Crippen LogP contribution in [0.3, 0.4) is 0 Å². The van der Waals surface area contributed by atoms with E-state index in [0.29, 0.717) is 29.9 Å². The lowest BCUT2D eigenvalue weighted by Gasteiger charge is -2.20. The lowest BCUT2D eigenvalue weighted by atomic mass is 10.1. The molecule has 0 amide bonds. The quantitative estimate of drug-likeness (QED) is 0.384. The molecule has 2 N–H and O–H groups in total. The maximum absolute atomic E-state index is 6.27. The van der Waals surface area contributed by atoms with Gasteiger partial charge in [-0.2, -0.15) is 0 Å².